The van der Waals surface area contributed by atoms with Crippen LogP contribution in [0.25, 0.3) is 0 Å². The van der Waals surface area contributed by atoms with E-state index in [1.54, 1.807) is 0 Å². The summed E-state index contributed by atoms with van der Waals surface area (Å²) in [6, 6.07) is 12.1. The average Bonchev–Trinajstić information content (AvgIpc) is 2.93. The zero-order chi connectivity index (χ0) is 24.9. The van der Waals surface area contributed by atoms with Crippen LogP contribution in [0.1, 0.15) is 32.3 Å². The predicted octanol–water partition coefficient (Wildman–Crippen LogP) is 6.12. The van der Waals surface area contributed by atoms with Crippen molar-refractivity contribution < 1.29 is 26.3 Å². The molecular formula is C24H26ClF3N2O3S. The van der Waals surface area contributed by atoms with Gasteiger partial charge in [-0.05, 0) is 74.6 Å². The molecule has 0 unspecified atom stereocenters. The van der Waals surface area contributed by atoms with E-state index in [9.17, 15) is 21.6 Å². The Bertz CT molecular complexity index is 1170. The van der Waals surface area contributed by atoms with Crippen molar-refractivity contribution in [3.05, 3.63) is 76.5 Å². The fourth-order valence-electron chi connectivity index (χ4n) is 3.94. The number of nitrogens with one attached hydrogen (secondary N) is 1. The number of fused-ring (bicyclic) bond motifs is 1. The molecular weight excluding hydrogens is 489 g/mol. The van der Waals surface area contributed by atoms with E-state index in [4.69, 9.17) is 11.6 Å². The van der Waals surface area contributed by atoms with E-state index in [2.05, 4.69) is 26.5 Å². The summed E-state index contributed by atoms with van der Waals surface area (Å²) in [5.74, 6) is -0.484. The van der Waals surface area contributed by atoms with Crippen molar-refractivity contribution in [1.29, 1.82) is 0 Å². The summed E-state index contributed by atoms with van der Waals surface area (Å²) in [7, 11) is -3.89. The van der Waals surface area contributed by atoms with Gasteiger partial charge >= 0.3 is 6.36 Å². The highest BCUT2D eigenvalue weighted by Gasteiger charge is 2.31. The van der Waals surface area contributed by atoms with Crippen molar-refractivity contribution in [2.45, 2.75) is 44.4 Å². The van der Waals surface area contributed by atoms with Gasteiger partial charge in [0.1, 0.15) is 5.75 Å². The van der Waals surface area contributed by atoms with E-state index in [0.29, 0.717) is 18.0 Å². The Labute approximate surface area is 202 Å². The van der Waals surface area contributed by atoms with Crippen LogP contribution in [0.4, 0.5) is 18.9 Å². The number of hydrogen-bond donors (Lipinski definition) is 1. The summed E-state index contributed by atoms with van der Waals surface area (Å²) >= 11 is 6.49. The molecule has 1 heterocycles. The zero-order valence-corrected chi connectivity index (χ0v) is 20.4. The van der Waals surface area contributed by atoms with Crippen LogP contribution in [-0.2, 0) is 16.4 Å². The van der Waals surface area contributed by atoms with Crippen molar-refractivity contribution in [2.75, 3.05) is 18.0 Å². The molecule has 0 amide bonds. The largest absolute Gasteiger partial charge is 0.573 e. The Kier molecular flexibility index (Phi) is 8.33. The van der Waals surface area contributed by atoms with Crippen LogP contribution >= 0.6 is 11.6 Å². The Morgan fingerprint density at radius 3 is 2.44 bits per heavy atom. The van der Waals surface area contributed by atoms with E-state index in [0.717, 1.165) is 54.1 Å². The third kappa shape index (κ3) is 6.55. The summed E-state index contributed by atoms with van der Waals surface area (Å²) in [6.45, 7) is 4.48. The van der Waals surface area contributed by atoms with Crippen molar-refractivity contribution in [2.24, 2.45) is 0 Å². The zero-order valence-electron chi connectivity index (χ0n) is 18.8. The molecule has 0 saturated heterocycles. The maximum Gasteiger partial charge on any atom is 0.573 e. The number of hydrogen-bond acceptors (Lipinski definition) is 4. The van der Waals surface area contributed by atoms with E-state index < -0.39 is 22.1 Å². The maximum atomic E-state index is 12.6. The van der Waals surface area contributed by atoms with Crippen LogP contribution in [0, 0.1) is 0 Å². The van der Waals surface area contributed by atoms with Gasteiger partial charge in [0.25, 0.3) is 0 Å². The molecule has 10 heteroatoms. The average molecular weight is 515 g/mol. The van der Waals surface area contributed by atoms with Gasteiger partial charge < -0.3 is 9.64 Å². The van der Waals surface area contributed by atoms with Crippen LogP contribution in [0.2, 0.25) is 0 Å². The summed E-state index contributed by atoms with van der Waals surface area (Å²) in [6.07, 6.45) is -0.584. The molecule has 0 bridgehead atoms. The van der Waals surface area contributed by atoms with Gasteiger partial charge in [-0.1, -0.05) is 35.9 Å². The lowest BCUT2D eigenvalue weighted by molar-refractivity contribution is -0.274. The van der Waals surface area contributed by atoms with E-state index in [1.807, 2.05) is 32.0 Å². The molecule has 1 aliphatic rings. The molecule has 1 N–H and O–H groups in total. The number of ether oxygens (including phenoxy) is 1. The van der Waals surface area contributed by atoms with Gasteiger partial charge in [0.05, 0.1) is 10.6 Å². The topological polar surface area (TPSA) is 58.6 Å². The number of nitrogens with zero attached hydrogens (tertiary/aromatic N) is 1. The number of halogens is 4. The number of rotatable bonds is 7. The Hall–Kier alpha value is -2.49. The highest BCUT2D eigenvalue weighted by molar-refractivity contribution is 7.89. The van der Waals surface area contributed by atoms with Crippen molar-refractivity contribution >= 4 is 27.3 Å². The monoisotopic (exact) mass is 514 g/mol. The summed E-state index contributed by atoms with van der Waals surface area (Å²) in [5, 5.41) is 0.659. The molecule has 0 radical (unpaired) electrons. The minimum atomic E-state index is -4.84. The highest BCUT2D eigenvalue weighted by atomic mass is 35.5. The molecule has 0 atom stereocenters. The molecule has 5 nitrogen and oxygen atoms in total. The second-order valence-corrected chi connectivity index (χ2v) is 10.1. The first kappa shape index (κ1) is 26.1. The number of aryl methyl sites for hydroxylation is 1. The minimum Gasteiger partial charge on any atom is -0.406 e. The fraction of sp³-hybridized carbons (Fsp3) is 0.333. The first-order valence-electron chi connectivity index (χ1n) is 10.7. The van der Waals surface area contributed by atoms with Gasteiger partial charge in [-0.3, -0.25) is 0 Å². The van der Waals surface area contributed by atoms with Gasteiger partial charge in [-0.2, -0.15) is 0 Å². The third-order valence-electron chi connectivity index (χ3n) is 5.41. The highest BCUT2D eigenvalue weighted by Crippen LogP contribution is 2.36. The molecule has 0 aromatic heterocycles. The molecule has 0 spiro atoms. The summed E-state index contributed by atoms with van der Waals surface area (Å²) < 4.78 is 68.4. The smallest absolute Gasteiger partial charge is 0.406 e. The van der Waals surface area contributed by atoms with E-state index >= 15 is 0 Å². The second kappa shape index (κ2) is 10.8. The van der Waals surface area contributed by atoms with Crippen molar-refractivity contribution in [1.82, 2.24) is 4.72 Å². The number of sulfonamides is 1. The Morgan fingerprint density at radius 1 is 1.15 bits per heavy atom. The van der Waals surface area contributed by atoms with Crippen LogP contribution in [0.15, 0.2) is 75.8 Å². The summed E-state index contributed by atoms with van der Waals surface area (Å²) in [5.41, 5.74) is 4.29. The molecule has 0 aliphatic carbocycles. The minimum absolute atomic E-state index is 0.140. The van der Waals surface area contributed by atoms with Gasteiger partial charge in [-0.15, -0.1) is 13.2 Å². The second-order valence-electron chi connectivity index (χ2n) is 7.75. The number of alkyl halides is 3. The van der Waals surface area contributed by atoms with Crippen LogP contribution in [0.3, 0.4) is 0 Å². The van der Waals surface area contributed by atoms with Gasteiger partial charge in [0.2, 0.25) is 10.0 Å². The Morgan fingerprint density at radius 2 is 1.82 bits per heavy atom. The molecule has 2 aromatic carbocycles. The first-order chi connectivity index (χ1) is 16.0. The lowest BCUT2D eigenvalue weighted by atomic mass is 10.0. The quantitative estimate of drug-likeness (QED) is 0.452. The lowest BCUT2D eigenvalue weighted by Gasteiger charge is -2.29. The van der Waals surface area contributed by atoms with Crippen LogP contribution < -0.4 is 14.4 Å². The number of allylic oxidation sites excluding steroid dienone is 3. The van der Waals surface area contributed by atoms with E-state index in [-0.39, 0.29) is 11.4 Å². The normalized spacial score (nSPS) is 17.4. The molecule has 34 heavy (non-hydrogen) atoms. The number of benzene rings is 2. The standard InChI is InChI=1S/C24H26ClF3N2O3S/c1-3-18-9-10-19-7-4-5-8-22(19)30(23(18)17(2)25)16-6-15-29-34(31,32)21-13-11-20(12-14-21)33-24(26,27)28/h3-5,7-8,11-14,29H,6,9-10,15-16H2,1-2H3. The SMILES string of the molecule is CC=C1CCc2ccccc2N(CCCNS(=O)(=O)c2ccc(OC(F)(F)F)cc2)C1=C(C)Cl. The number of para-hydroxylation sites is 1. The molecule has 184 valence electrons. The first-order valence-corrected chi connectivity index (χ1v) is 12.6. The molecule has 2 aromatic rings. The third-order valence-corrected chi connectivity index (χ3v) is 7.07. The summed E-state index contributed by atoms with van der Waals surface area (Å²) in [4.78, 5) is 1.98. The molecule has 0 fully saturated rings. The number of anilines is 1. The van der Waals surface area contributed by atoms with Crippen LogP contribution in [-0.4, -0.2) is 27.9 Å². The molecule has 1 aliphatic heterocycles. The van der Waals surface area contributed by atoms with Gasteiger partial charge in [-0.25, -0.2) is 13.1 Å². The lowest BCUT2D eigenvalue weighted by Crippen LogP contribution is -2.30. The molecule has 3 rings (SSSR count). The van der Waals surface area contributed by atoms with E-state index in [1.165, 1.54) is 5.56 Å². The predicted molar refractivity (Wildman–Crippen MR) is 127 cm³/mol. The van der Waals surface area contributed by atoms with Gasteiger partial charge in [0, 0.05) is 23.8 Å². The maximum absolute atomic E-state index is 12.6. The van der Waals surface area contributed by atoms with Crippen LogP contribution in [0.5, 0.6) is 5.75 Å². The van der Waals surface area contributed by atoms with Crippen molar-refractivity contribution in [3.8, 4) is 5.75 Å². The van der Waals surface area contributed by atoms with Gasteiger partial charge in [0.15, 0.2) is 0 Å². The molecule has 0 saturated carbocycles. The fourth-order valence-corrected chi connectivity index (χ4v) is 5.23. The Balaban J connectivity index is 1.70. The van der Waals surface area contributed by atoms with Crippen molar-refractivity contribution in [3.63, 3.8) is 0 Å².